The van der Waals surface area contributed by atoms with E-state index in [0.717, 1.165) is 24.0 Å². The molecule has 3 nitrogen and oxygen atoms in total. The predicted molar refractivity (Wildman–Crippen MR) is 76.5 cm³/mol. The van der Waals surface area contributed by atoms with Crippen LogP contribution in [0.4, 0.5) is 5.13 Å². The average molecular weight is 276 g/mol. The van der Waals surface area contributed by atoms with E-state index in [1.807, 2.05) is 0 Å². The molecule has 1 heterocycles. The minimum absolute atomic E-state index is 0.0200. The molecule has 0 unspecified atom stereocenters. The van der Waals surface area contributed by atoms with Crippen molar-refractivity contribution in [3.8, 4) is 0 Å². The highest BCUT2D eigenvalue weighted by Gasteiger charge is 2.21. The van der Waals surface area contributed by atoms with E-state index < -0.39 is 0 Å². The first kappa shape index (κ1) is 14.7. The largest absolute Gasteiger partial charge is 0.346 e. The molecule has 0 aliphatic heterocycles. The summed E-state index contributed by atoms with van der Waals surface area (Å²) in [6.45, 7) is 10.5. The Labute approximate surface area is 113 Å². The molecule has 0 fully saturated rings. The van der Waals surface area contributed by atoms with Crippen molar-refractivity contribution < 1.29 is 0 Å². The molecule has 17 heavy (non-hydrogen) atoms. The molecule has 1 aromatic heterocycles. The molecule has 1 rings (SSSR count). The Bertz CT molecular complexity index is 333. The molecule has 0 amide bonds. The third-order valence-corrected chi connectivity index (χ3v) is 3.44. The summed E-state index contributed by atoms with van der Waals surface area (Å²) in [5.74, 6) is 1.56. The van der Waals surface area contributed by atoms with Crippen molar-refractivity contribution in [1.82, 2.24) is 9.36 Å². The van der Waals surface area contributed by atoms with Crippen molar-refractivity contribution in [2.45, 2.75) is 46.0 Å². The summed E-state index contributed by atoms with van der Waals surface area (Å²) in [4.78, 5) is 6.87. The zero-order valence-corrected chi connectivity index (χ0v) is 12.7. The summed E-state index contributed by atoms with van der Waals surface area (Å²) in [6, 6.07) is 0. The maximum absolute atomic E-state index is 5.84. The highest BCUT2D eigenvalue weighted by Crippen LogP contribution is 2.25. The maximum atomic E-state index is 5.84. The standard InChI is InChI=1S/C12H22ClN3S/c1-5-6-8-16(9-7-13)11-14-10(15-17-11)12(2,3)4/h5-9H2,1-4H3. The van der Waals surface area contributed by atoms with E-state index in [9.17, 15) is 0 Å². The highest BCUT2D eigenvalue weighted by molar-refractivity contribution is 7.09. The van der Waals surface area contributed by atoms with Crippen LogP contribution in [-0.2, 0) is 5.41 Å². The molecule has 0 spiro atoms. The summed E-state index contributed by atoms with van der Waals surface area (Å²) in [6.07, 6.45) is 2.35. The van der Waals surface area contributed by atoms with Crippen molar-refractivity contribution in [3.05, 3.63) is 5.82 Å². The Morgan fingerprint density at radius 2 is 2.00 bits per heavy atom. The molecule has 0 atom stereocenters. The fourth-order valence-corrected chi connectivity index (χ4v) is 2.51. The first-order chi connectivity index (χ1) is 7.99. The third kappa shape index (κ3) is 4.43. The number of unbranched alkanes of at least 4 members (excludes halogenated alkanes) is 1. The van der Waals surface area contributed by atoms with Crippen LogP contribution in [0.25, 0.3) is 0 Å². The van der Waals surface area contributed by atoms with Crippen LogP contribution in [0.2, 0.25) is 0 Å². The monoisotopic (exact) mass is 275 g/mol. The third-order valence-electron chi connectivity index (χ3n) is 2.49. The van der Waals surface area contributed by atoms with Crippen LogP contribution in [0, 0.1) is 0 Å². The smallest absolute Gasteiger partial charge is 0.205 e. The van der Waals surface area contributed by atoms with Crippen LogP contribution in [0.1, 0.15) is 46.4 Å². The Hall–Kier alpha value is -0.350. The number of hydrogen-bond donors (Lipinski definition) is 0. The van der Waals surface area contributed by atoms with Gasteiger partial charge in [-0.3, -0.25) is 0 Å². The summed E-state index contributed by atoms with van der Waals surface area (Å²) >= 11 is 7.32. The van der Waals surface area contributed by atoms with E-state index in [4.69, 9.17) is 11.6 Å². The first-order valence-electron chi connectivity index (χ1n) is 6.14. The van der Waals surface area contributed by atoms with Gasteiger partial charge in [0.2, 0.25) is 5.13 Å². The van der Waals surface area contributed by atoms with Gasteiger partial charge in [0, 0.05) is 35.9 Å². The van der Waals surface area contributed by atoms with Crippen LogP contribution in [0.15, 0.2) is 0 Å². The second-order valence-electron chi connectivity index (χ2n) is 5.18. The van der Waals surface area contributed by atoms with Gasteiger partial charge in [0.05, 0.1) is 0 Å². The van der Waals surface area contributed by atoms with Gasteiger partial charge < -0.3 is 4.90 Å². The zero-order valence-electron chi connectivity index (χ0n) is 11.2. The van der Waals surface area contributed by atoms with E-state index in [0.29, 0.717) is 5.88 Å². The molecule has 0 radical (unpaired) electrons. The molecule has 0 aliphatic carbocycles. The van der Waals surface area contributed by atoms with Crippen LogP contribution in [-0.4, -0.2) is 28.3 Å². The topological polar surface area (TPSA) is 29.0 Å². The van der Waals surface area contributed by atoms with E-state index in [2.05, 4.69) is 42.0 Å². The molecule has 98 valence electrons. The molecule has 0 saturated carbocycles. The van der Waals surface area contributed by atoms with Gasteiger partial charge in [-0.1, -0.05) is 34.1 Å². The number of halogens is 1. The van der Waals surface area contributed by atoms with Crippen LogP contribution in [0.3, 0.4) is 0 Å². The fourth-order valence-electron chi connectivity index (χ4n) is 1.40. The van der Waals surface area contributed by atoms with Gasteiger partial charge in [-0.05, 0) is 6.42 Å². The quantitative estimate of drug-likeness (QED) is 0.742. The Morgan fingerprint density at radius 1 is 1.29 bits per heavy atom. The minimum atomic E-state index is 0.0200. The van der Waals surface area contributed by atoms with E-state index in [-0.39, 0.29) is 5.41 Å². The van der Waals surface area contributed by atoms with Gasteiger partial charge in [0.25, 0.3) is 0 Å². The van der Waals surface area contributed by atoms with Gasteiger partial charge in [0.1, 0.15) is 5.82 Å². The lowest BCUT2D eigenvalue weighted by molar-refractivity contribution is 0.554. The number of anilines is 1. The Morgan fingerprint density at radius 3 is 2.47 bits per heavy atom. The molecular weight excluding hydrogens is 254 g/mol. The lowest BCUT2D eigenvalue weighted by Gasteiger charge is -2.20. The van der Waals surface area contributed by atoms with E-state index in [1.165, 1.54) is 24.4 Å². The Balaban J connectivity index is 2.76. The lowest BCUT2D eigenvalue weighted by Crippen LogP contribution is -2.26. The molecule has 5 heteroatoms. The van der Waals surface area contributed by atoms with Crippen LogP contribution >= 0.6 is 23.1 Å². The molecule has 0 saturated heterocycles. The van der Waals surface area contributed by atoms with Crippen molar-refractivity contribution in [2.24, 2.45) is 0 Å². The zero-order chi connectivity index (χ0) is 12.9. The molecular formula is C12H22ClN3S. The molecule has 0 bridgehead atoms. The van der Waals surface area contributed by atoms with Crippen LogP contribution in [0.5, 0.6) is 0 Å². The van der Waals surface area contributed by atoms with Gasteiger partial charge in [-0.15, -0.1) is 11.6 Å². The predicted octanol–water partition coefficient (Wildman–Crippen LogP) is 3.68. The second-order valence-corrected chi connectivity index (χ2v) is 6.29. The number of hydrogen-bond acceptors (Lipinski definition) is 4. The van der Waals surface area contributed by atoms with Gasteiger partial charge in [0.15, 0.2) is 0 Å². The fraction of sp³-hybridized carbons (Fsp3) is 0.833. The summed E-state index contributed by atoms with van der Waals surface area (Å²) in [5.41, 5.74) is 0.0200. The normalized spacial score (nSPS) is 11.8. The first-order valence-corrected chi connectivity index (χ1v) is 7.45. The second kappa shape index (κ2) is 6.55. The average Bonchev–Trinajstić information content (AvgIpc) is 2.72. The molecule has 0 aromatic carbocycles. The van der Waals surface area contributed by atoms with Gasteiger partial charge >= 0.3 is 0 Å². The van der Waals surface area contributed by atoms with Crippen molar-refractivity contribution >= 4 is 28.3 Å². The number of nitrogens with zero attached hydrogens (tertiary/aromatic N) is 3. The number of aromatic nitrogens is 2. The van der Waals surface area contributed by atoms with E-state index >= 15 is 0 Å². The summed E-state index contributed by atoms with van der Waals surface area (Å²) < 4.78 is 4.44. The van der Waals surface area contributed by atoms with E-state index in [1.54, 1.807) is 0 Å². The molecule has 1 aromatic rings. The SMILES string of the molecule is CCCCN(CCCl)c1nc(C(C)(C)C)ns1. The Kier molecular flexibility index (Phi) is 5.67. The van der Waals surface area contributed by atoms with Gasteiger partial charge in [-0.25, -0.2) is 4.98 Å². The van der Waals surface area contributed by atoms with Crippen molar-refractivity contribution in [1.29, 1.82) is 0 Å². The van der Waals surface area contributed by atoms with Crippen LogP contribution < -0.4 is 4.90 Å². The molecule has 0 aliphatic rings. The minimum Gasteiger partial charge on any atom is -0.346 e. The summed E-state index contributed by atoms with van der Waals surface area (Å²) in [7, 11) is 0. The van der Waals surface area contributed by atoms with Gasteiger partial charge in [-0.2, -0.15) is 4.37 Å². The van der Waals surface area contributed by atoms with Crippen molar-refractivity contribution in [3.63, 3.8) is 0 Å². The molecule has 0 N–H and O–H groups in total. The highest BCUT2D eigenvalue weighted by atomic mass is 35.5. The van der Waals surface area contributed by atoms with Crippen molar-refractivity contribution in [2.75, 3.05) is 23.9 Å². The number of alkyl halides is 1. The maximum Gasteiger partial charge on any atom is 0.205 e. The summed E-state index contributed by atoms with van der Waals surface area (Å²) in [5, 5.41) is 1.00. The number of rotatable bonds is 6. The lowest BCUT2D eigenvalue weighted by atomic mass is 9.96.